The van der Waals surface area contributed by atoms with Gasteiger partial charge in [-0.05, 0) is 96.3 Å². The van der Waals surface area contributed by atoms with Crippen LogP contribution in [0, 0.1) is 0 Å². The Morgan fingerprint density at radius 1 is 0.333 bits per heavy atom. The highest BCUT2D eigenvalue weighted by atomic mass is 16.6. The van der Waals surface area contributed by atoms with E-state index in [1.165, 1.54) is 148 Å². The Morgan fingerprint density at radius 2 is 0.635 bits per heavy atom. The average Bonchev–Trinajstić information content (AvgIpc) is 3.28. The third-order valence-electron chi connectivity index (χ3n) is 11.2. The lowest BCUT2D eigenvalue weighted by molar-refractivity contribution is -0.167. The van der Waals surface area contributed by atoms with Gasteiger partial charge >= 0.3 is 17.9 Å². The van der Waals surface area contributed by atoms with Crippen LogP contribution in [-0.4, -0.2) is 37.2 Å². The lowest BCUT2D eigenvalue weighted by Crippen LogP contribution is -2.30. The molecule has 0 N–H and O–H groups in total. The molecule has 1 unspecified atom stereocenters. The molecule has 0 radical (unpaired) electrons. The number of carbonyl (C=O) groups is 3. The third kappa shape index (κ3) is 49.7. The number of allylic oxidation sites excluding steroid dienone is 12. The smallest absolute Gasteiger partial charge is 0.306 e. The van der Waals surface area contributed by atoms with Crippen molar-refractivity contribution in [3.8, 4) is 0 Å². The summed E-state index contributed by atoms with van der Waals surface area (Å²) in [6.07, 6.45) is 64.8. The third-order valence-corrected chi connectivity index (χ3v) is 11.2. The standard InChI is InChI=1S/C57H98O6/c1-4-7-10-13-16-19-21-23-25-27-28-30-31-33-35-38-41-44-47-50-56(59)62-53-54(52-61-55(58)49-46-43-40-37-18-15-12-9-6-3)63-57(60)51-48-45-42-39-36-34-32-29-26-24-22-20-17-14-11-8-5-2/h16,19,21,23-24,26,32,34,37,39-40,42,54H,4-15,17-18,20,22,25,27-31,33,35-36,38,41,43-53H2,1-3H3/b19-16-,23-21-,26-24-,34-32-,40-37-,42-39-. The highest BCUT2D eigenvalue weighted by Crippen LogP contribution is 2.14. The van der Waals surface area contributed by atoms with Gasteiger partial charge in [0, 0.05) is 19.3 Å². The van der Waals surface area contributed by atoms with Gasteiger partial charge in [0.1, 0.15) is 13.2 Å². The predicted octanol–water partition coefficient (Wildman–Crippen LogP) is 17.4. The zero-order valence-electron chi connectivity index (χ0n) is 41.3. The maximum atomic E-state index is 12.8. The molecule has 63 heavy (non-hydrogen) atoms. The Balaban J connectivity index is 4.40. The van der Waals surface area contributed by atoms with E-state index in [2.05, 4.69) is 93.7 Å². The molecule has 0 spiro atoms. The molecule has 0 aliphatic heterocycles. The van der Waals surface area contributed by atoms with Gasteiger partial charge in [0.25, 0.3) is 0 Å². The zero-order valence-corrected chi connectivity index (χ0v) is 41.3. The van der Waals surface area contributed by atoms with Crippen molar-refractivity contribution in [3.63, 3.8) is 0 Å². The van der Waals surface area contributed by atoms with E-state index in [0.29, 0.717) is 25.7 Å². The molecule has 1 atom stereocenters. The fourth-order valence-corrected chi connectivity index (χ4v) is 7.16. The molecule has 6 heteroatoms. The Morgan fingerprint density at radius 3 is 1.11 bits per heavy atom. The molecule has 362 valence electrons. The quantitative estimate of drug-likeness (QED) is 0.0199. The molecule has 0 amide bonds. The van der Waals surface area contributed by atoms with Gasteiger partial charge in [-0.25, -0.2) is 0 Å². The van der Waals surface area contributed by atoms with Crippen LogP contribution in [0.3, 0.4) is 0 Å². The monoisotopic (exact) mass is 879 g/mol. The Bertz CT molecular complexity index is 1190. The van der Waals surface area contributed by atoms with Gasteiger partial charge < -0.3 is 14.2 Å². The molecule has 0 rings (SSSR count). The predicted molar refractivity (Wildman–Crippen MR) is 270 cm³/mol. The molecule has 0 saturated heterocycles. The van der Waals surface area contributed by atoms with Crippen LogP contribution < -0.4 is 0 Å². The SMILES string of the molecule is CCCCC/C=C\C=C/CCCCCCCCCCCCC(=O)OCC(COC(=O)CCC/C=C\CCCCCC)OC(=O)CCC/C=C\C/C=C\C/C=C\CCCCCCCC. The van der Waals surface area contributed by atoms with Crippen molar-refractivity contribution in [1.82, 2.24) is 0 Å². The molecule has 0 aromatic carbocycles. The summed E-state index contributed by atoms with van der Waals surface area (Å²) in [5.41, 5.74) is 0. The van der Waals surface area contributed by atoms with Gasteiger partial charge in [-0.15, -0.1) is 0 Å². The molecule has 0 saturated carbocycles. The van der Waals surface area contributed by atoms with Crippen molar-refractivity contribution in [1.29, 1.82) is 0 Å². The van der Waals surface area contributed by atoms with Crippen LogP contribution in [0.5, 0.6) is 0 Å². The van der Waals surface area contributed by atoms with Gasteiger partial charge in [-0.1, -0.05) is 209 Å². The van der Waals surface area contributed by atoms with Crippen LogP contribution in [-0.2, 0) is 28.6 Å². The fourth-order valence-electron chi connectivity index (χ4n) is 7.16. The maximum absolute atomic E-state index is 12.8. The van der Waals surface area contributed by atoms with Crippen molar-refractivity contribution in [3.05, 3.63) is 72.9 Å². The van der Waals surface area contributed by atoms with Crippen LogP contribution in [0.1, 0.15) is 252 Å². The minimum Gasteiger partial charge on any atom is -0.462 e. The second-order valence-corrected chi connectivity index (χ2v) is 17.5. The van der Waals surface area contributed by atoms with Crippen LogP contribution in [0.15, 0.2) is 72.9 Å². The van der Waals surface area contributed by atoms with E-state index >= 15 is 0 Å². The summed E-state index contributed by atoms with van der Waals surface area (Å²) in [7, 11) is 0. The van der Waals surface area contributed by atoms with Gasteiger partial charge in [0.15, 0.2) is 6.10 Å². The molecule has 0 aliphatic carbocycles. The van der Waals surface area contributed by atoms with Crippen molar-refractivity contribution in [2.45, 2.75) is 258 Å². The Labute approximate surface area is 389 Å². The lowest BCUT2D eigenvalue weighted by Gasteiger charge is -2.18. The normalized spacial score (nSPS) is 12.6. The van der Waals surface area contributed by atoms with E-state index in [1.54, 1.807) is 0 Å². The van der Waals surface area contributed by atoms with Crippen LogP contribution in [0.2, 0.25) is 0 Å². The number of hydrogen-bond donors (Lipinski definition) is 0. The summed E-state index contributed by atoms with van der Waals surface area (Å²) < 4.78 is 16.7. The van der Waals surface area contributed by atoms with E-state index in [4.69, 9.17) is 14.2 Å². The first kappa shape index (κ1) is 59.9. The van der Waals surface area contributed by atoms with Crippen molar-refractivity contribution < 1.29 is 28.6 Å². The highest BCUT2D eigenvalue weighted by Gasteiger charge is 2.19. The summed E-state index contributed by atoms with van der Waals surface area (Å²) in [6, 6.07) is 0. The molecule has 6 nitrogen and oxygen atoms in total. The molecule has 0 heterocycles. The number of rotatable bonds is 47. The average molecular weight is 879 g/mol. The van der Waals surface area contributed by atoms with Crippen molar-refractivity contribution >= 4 is 17.9 Å². The van der Waals surface area contributed by atoms with E-state index in [1.807, 2.05) is 0 Å². The number of carbonyl (C=O) groups excluding carboxylic acids is 3. The van der Waals surface area contributed by atoms with Crippen LogP contribution in [0.25, 0.3) is 0 Å². The molecule has 0 bridgehead atoms. The minimum atomic E-state index is -0.812. The Kier molecular flexibility index (Phi) is 48.9. The molecule has 0 aliphatic rings. The number of ether oxygens (including phenoxy) is 3. The maximum Gasteiger partial charge on any atom is 0.306 e. The molecule has 0 fully saturated rings. The summed E-state index contributed by atoms with van der Waals surface area (Å²) >= 11 is 0. The van der Waals surface area contributed by atoms with Gasteiger partial charge in [-0.3, -0.25) is 14.4 Å². The fraction of sp³-hybridized carbons (Fsp3) is 0.737. The first-order chi connectivity index (χ1) is 31.0. The van der Waals surface area contributed by atoms with E-state index < -0.39 is 6.10 Å². The molecule has 0 aromatic rings. The second-order valence-electron chi connectivity index (χ2n) is 17.5. The lowest BCUT2D eigenvalue weighted by atomic mass is 10.1. The minimum absolute atomic E-state index is 0.106. The number of esters is 3. The number of unbranched alkanes of at least 4 members (excludes halogenated alkanes) is 25. The largest absolute Gasteiger partial charge is 0.462 e. The Hall–Kier alpha value is -3.15. The summed E-state index contributed by atoms with van der Waals surface area (Å²) in [5.74, 6) is -0.998. The molecular formula is C57H98O6. The molecule has 0 aromatic heterocycles. The first-order valence-electron chi connectivity index (χ1n) is 26.5. The topological polar surface area (TPSA) is 78.9 Å². The van der Waals surface area contributed by atoms with Crippen molar-refractivity contribution in [2.24, 2.45) is 0 Å². The first-order valence-corrected chi connectivity index (χ1v) is 26.5. The summed E-state index contributed by atoms with van der Waals surface area (Å²) in [4.78, 5) is 37.9. The van der Waals surface area contributed by atoms with Gasteiger partial charge in [-0.2, -0.15) is 0 Å². The van der Waals surface area contributed by atoms with E-state index in [0.717, 1.165) is 51.4 Å². The van der Waals surface area contributed by atoms with Crippen LogP contribution >= 0.6 is 0 Å². The summed E-state index contributed by atoms with van der Waals surface area (Å²) in [6.45, 7) is 6.50. The zero-order chi connectivity index (χ0) is 45.8. The van der Waals surface area contributed by atoms with Gasteiger partial charge in [0.2, 0.25) is 0 Å². The second kappa shape index (κ2) is 51.5. The van der Waals surface area contributed by atoms with Crippen molar-refractivity contribution in [2.75, 3.05) is 13.2 Å². The van der Waals surface area contributed by atoms with E-state index in [9.17, 15) is 14.4 Å². The van der Waals surface area contributed by atoms with Gasteiger partial charge in [0.05, 0.1) is 0 Å². The number of hydrogen-bond acceptors (Lipinski definition) is 6. The van der Waals surface area contributed by atoms with E-state index in [-0.39, 0.29) is 37.5 Å². The highest BCUT2D eigenvalue weighted by molar-refractivity contribution is 5.71. The summed E-state index contributed by atoms with van der Waals surface area (Å²) in [5, 5.41) is 0. The molecular weight excluding hydrogens is 781 g/mol. The van der Waals surface area contributed by atoms with Crippen LogP contribution in [0.4, 0.5) is 0 Å².